The van der Waals surface area contributed by atoms with Crippen LogP contribution in [-0.4, -0.2) is 49.3 Å². The van der Waals surface area contributed by atoms with Crippen molar-refractivity contribution in [3.63, 3.8) is 0 Å². The Morgan fingerprint density at radius 1 is 1.19 bits per heavy atom. The third kappa shape index (κ3) is 3.23. The number of aromatic amines is 1. The molecule has 3 saturated carbocycles. The van der Waals surface area contributed by atoms with E-state index in [1.165, 1.54) is 29.4 Å². The lowest BCUT2D eigenvalue weighted by Crippen LogP contribution is -2.62. The molecular formula is C25H31ClN2O3. The molecule has 0 radical (unpaired) electrons. The minimum absolute atomic E-state index is 0.0411. The van der Waals surface area contributed by atoms with Crippen molar-refractivity contribution in [1.29, 1.82) is 0 Å². The van der Waals surface area contributed by atoms with Gasteiger partial charge in [0.15, 0.2) is 0 Å². The summed E-state index contributed by atoms with van der Waals surface area (Å²) >= 11 is 6.59. The quantitative estimate of drug-likeness (QED) is 0.647. The number of fused-ring (bicyclic) bond motifs is 2. The third-order valence-electron chi connectivity index (χ3n) is 8.38. The molecule has 0 spiro atoms. The fraction of sp³-hybridized carbons (Fsp3) is 0.640. The smallest absolute Gasteiger partial charge is 0.223 e. The SMILES string of the molecule is CC(CC(=O)N1C2CCC3(O)CC1CC(O)(C2)C3)c1c[nH]c2ccc(Cl)c(C3CC3)c12. The zero-order valence-corrected chi connectivity index (χ0v) is 18.8. The van der Waals surface area contributed by atoms with Crippen LogP contribution >= 0.6 is 11.6 Å². The Bertz CT molecular complexity index is 1060. The highest BCUT2D eigenvalue weighted by Gasteiger charge is 2.57. The van der Waals surface area contributed by atoms with Crippen LogP contribution in [0.15, 0.2) is 18.3 Å². The Labute approximate surface area is 187 Å². The molecule has 3 aliphatic carbocycles. The lowest BCUT2D eigenvalue weighted by atomic mass is 9.69. The molecule has 5 unspecified atom stereocenters. The monoisotopic (exact) mass is 442 g/mol. The van der Waals surface area contributed by atoms with Gasteiger partial charge in [0.1, 0.15) is 0 Å². The van der Waals surface area contributed by atoms with Crippen LogP contribution in [0.25, 0.3) is 10.9 Å². The summed E-state index contributed by atoms with van der Waals surface area (Å²) < 4.78 is 0. The van der Waals surface area contributed by atoms with Gasteiger partial charge in [0.05, 0.1) is 11.2 Å². The van der Waals surface area contributed by atoms with Crippen LogP contribution in [-0.2, 0) is 4.79 Å². The molecule has 7 rings (SSSR count). The maximum Gasteiger partial charge on any atom is 0.223 e. The van der Waals surface area contributed by atoms with Crippen molar-refractivity contribution in [3.8, 4) is 0 Å². The number of nitrogens with one attached hydrogen (secondary N) is 1. The molecule has 3 heterocycles. The molecule has 3 N–H and O–H groups in total. The second kappa shape index (κ2) is 6.72. The highest BCUT2D eigenvalue weighted by molar-refractivity contribution is 6.32. The fourth-order valence-electron chi connectivity index (χ4n) is 7.06. The first-order valence-corrected chi connectivity index (χ1v) is 12.2. The number of hydrogen-bond donors (Lipinski definition) is 3. The Hall–Kier alpha value is -1.56. The van der Waals surface area contributed by atoms with Gasteiger partial charge in [-0.3, -0.25) is 4.79 Å². The third-order valence-corrected chi connectivity index (χ3v) is 8.71. The van der Waals surface area contributed by atoms with Crippen molar-refractivity contribution in [2.75, 3.05) is 0 Å². The zero-order chi connectivity index (χ0) is 21.5. The average molecular weight is 443 g/mol. The molecule has 5 fully saturated rings. The van der Waals surface area contributed by atoms with Crippen LogP contribution in [0.5, 0.6) is 0 Å². The van der Waals surface area contributed by atoms with E-state index in [-0.39, 0.29) is 23.9 Å². The van der Waals surface area contributed by atoms with Gasteiger partial charge in [-0.05, 0) is 80.0 Å². The molecule has 5 atom stereocenters. The molecule has 5 aliphatic rings. The number of carbonyl (C=O) groups excluding carboxylic acids is 1. The number of halogens is 1. The summed E-state index contributed by atoms with van der Waals surface area (Å²) in [5, 5.41) is 24.0. The average Bonchev–Trinajstić information content (AvgIpc) is 3.44. The van der Waals surface area contributed by atoms with Gasteiger partial charge in [-0.2, -0.15) is 0 Å². The summed E-state index contributed by atoms with van der Waals surface area (Å²) in [7, 11) is 0. The number of nitrogens with zero attached hydrogens (tertiary/aromatic N) is 1. The van der Waals surface area contributed by atoms with Crippen LogP contribution in [0.4, 0.5) is 0 Å². The Kier molecular flexibility index (Phi) is 4.35. The highest BCUT2D eigenvalue weighted by atomic mass is 35.5. The first kappa shape index (κ1) is 20.1. The Morgan fingerprint density at radius 2 is 1.94 bits per heavy atom. The predicted molar refractivity (Wildman–Crippen MR) is 120 cm³/mol. The number of carbonyl (C=O) groups is 1. The molecule has 1 aromatic heterocycles. The topological polar surface area (TPSA) is 76.6 Å². The summed E-state index contributed by atoms with van der Waals surface area (Å²) in [4.78, 5) is 19.0. The number of aromatic nitrogens is 1. The highest BCUT2D eigenvalue weighted by Crippen LogP contribution is 2.52. The molecule has 2 aromatic rings. The van der Waals surface area contributed by atoms with Crippen LogP contribution in [0, 0.1) is 0 Å². The first-order valence-electron chi connectivity index (χ1n) is 11.8. The van der Waals surface area contributed by atoms with E-state index < -0.39 is 11.2 Å². The number of piperidine rings is 1. The van der Waals surface area contributed by atoms with Gasteiger partial charge in [0, 0.05) is 47.0 Å². The van der Waals surface area contributed by atoms with Crippen LogP contribution < -0.4 is 0 Å². The second-order valence-electron chi connectivity index (χ2n) is 10.9. The number of H-pyrrole nitrogens is 1. The van der Waals surface area contributed by atoms with Crippen molar-refractivity contribution in [3.05, 3.63) is 34.5 Å². The van der Waals surface area contributed by atoms with E-state index in [0.29, 0.717) is 44.4 Å². The van der Waals surface area contributed by atoms with E-state index in [9.17, 15) is 15.0 Å². The largest absolute Gasteiger partial charge is 0.390 e. The molecule has 1 amide bonds. The van der Waals surface area contributed by atoms with Gasteiger partial charge >= 0.3 is 0 Å². The number of benzene rings is 1. The molecule has 5 nitrogen and oxygen atoms in total. The van der Waals surface area contributed by atoms with Crippen molar-refractivity contribution in [1.82, 2.24) is 9.88 Å². The number of aliphatic hydroxyl groups is 2. The van der Waals surface area contributed by atoms with Crippen molar-refractivity contribution in [2.24, 2.45) is 0 Å². The molecule has 2 saturated heterocycles. The molecule has 166 valence electrons. The Balaban J connectivity index is 1.28. The maximum atomic E-state index is 13.6. The van der Waals surface area contributed by atoms with Gasteiger partial charge in [0.2, 0.25) is 5.91 Å². The van der Waals surface area contributed by atoms with E-state index in [2.05, 4.69) is 18.1 Å². The van der Waals surface area contributed by atoms with E-state index in [0.717, 1.165) is 17.0 Å². The number of rotatable bonds is 4. The summed E-state index contributed by atoms with van der Waals surface area (Å²) in [5.74, 6) is 0.758. The van der Waals surface area contributed by atoms with E-state index in [1.54, 1.807) is 0 Å². The molecule has 31 heavy (non-hydrogen) atoms. The van der Waals surface area contributed by atoms with Gasteiger partial charge in [-0.25, -0.2) is 0 Å². The first-order chi connectivity index (χ1) is 14.8. The number of hydrogen-bond acceptors (Lipinski definition) is 3. The van der Waals surface area contributed by atoms with E-state index in [4.69, 9.17) is 11.6 Å². The standard InChI is InChI=1S/C25H31ClN2O3/c1-14(18-12-27-20-5-4-19(26)22(23(18)20)15-2-3-15)8-21(29)28-16-6-7-24(30)10-17(28)11-25(31,9-16)13-24/h4-5,12,14-17,27,30-31H,2-3,6-11,13H2,1H3. The maximum absolute atomic E-state index is 13.6. The summed E-state index contributed by atoms with van der Waals surface area (Å²) in [5.41, 5.74) is 1.88. The van der Waals surface area contributed by atoms with Crippen LogP contribution in [0.3, 0.4) is 0 Å². The van der Waals surface area contributed by atoms with Gasteiger partial charge in [-0.1, -0.05) is 18.5 Å². The van der Waals surface area contributed by atoms with E-state index >= 15 is 0 Å². The minimum atomic E-state index is -0.820. The van der Waals surface area contributed by atoms with Crippen molar-refractivity contribution in [2.45, 2.75) is 99.8 Å². The lowest BCUT2D eigenvalue weighted by Gasteiger charge is -2.53. The number of amides is 1. The zero-order valence-electron chi connectivity index (χ0n) is 18.0. The van der Waals surface area contributed by atoms with Gasteiger partial charge in [-0.15, -0.1) is 0 Å². The lowest BCUT2D eigenvalue weighted by molar-refractivity contribution is -0.166. The Morgan fingerprint density at radius 3 is 2.71 bits per heavy atom. The summed E-state index contributed by atoms with van der Waals surface area (Å²) in [6, 6.07) is 4.00. The van der Waals surface area contributed by atoms with Crippen LogP contribution in [0.2, 0.25) is 5.02 Å². The fourth-order valence-corrected chi connectivity index (χ4v) is 7.37. The summed E-state index contributed by atoms with van der Waals surface area (Å²) in [6.07, 6.45) is 8.57. The van der Waals surface area contributed by atoms with E-state index in [1.807, 2.05) is 17.0 Å². The van der Waals surface area contributed by atoms with Crippen LogP contribution in [0.1, 0.15) is 87.7 Å². The molecule has 4 bridgehead atoms. The molecule has 1 aromatic carbocycles. The second-order valence-corrected chi connectivity index (χ2v) is 11.3. The minimum Gasteiger partial charge on any atom is -0.390 e. The van der Waals surface area contributed by atoms with Gasteiger partial charge < -0.3 is 20.1 Å². The normalized spacial score (nSPS) is 35.5. The van der Waals surface area contributed by atoms with Gasteiger partial charge in [0.25, 0.3) is 0 Å². The molecule has 2 aliphatic heterocycles. The van der Waals surface area contributed by atoms with Crippen molar-refractivity contribution >= 4 is 28.4 Å². The van der Waals surface area contributed by atoms with Crippen molar-refractivity contribution < 1.29 is 15.0 Å². The molecular weight excluding hydrogens is 412 g/mol. The summed E-state index contributed by atoms with van der Waals surface area (Å²) in [6.45, 7) is 2.13. The predicted octanol–water partition coefficient (Wildman–Crippen LogP) is 4.60. The molecule has 6 heteroatoms.